The second kappa shape index (κ2) is 5.51. The minimum atomic E-state index is -0.172. The van der Waals surface area contributed by atoms with E-state index >= 15 is 0 Å². The maximum atomic E-state index is 9.01. The first-order valence-corrected chi connectivity index (χ1v) is 4.46. The molecule has 0 saturated heterocycles. The summed E-state index contributed by atoms with van der Waals surface area (Å²) in [7, 11) is 0. The molecule has 74 valence electrons. The van der Waals surface area contributed by atoms with Crippen LogP contribution >= 0.6 is 0 Å². The highest BCUT2D eigenvalue weighted by atomic mass is 16.5. The van der Waals surface area contributed by atoms with Crippen molar-refractivity contribution in [3.8, 4) is 0 Å². The van der Waals surface area contributed by atoms with E-state index in [-0.39, 0.29) is 18.1 Å². The predicted octanol–water partition coefficient (Wildman–Crippen LogP) is 0.759. The summed E-state index contributed by atoms with van der Waals surface area (Å²) < 4.78 is 5.37. The van der Waals surface area contributed by atoms with Gasteiger partial charge in [0.1, 0.15) is 0 Å². The Hall–Kier alpha value is -0.120. The standard InChI is InChI=1S/C9H21NO2/c1-8(2)12-5-4-9(3,6-10)7-11/h8,11H,4-7,10H2,1-3H3. The third-order valence-corrected chi connectivity index (χ3v) is 2.03. The summed E-state index contributed by atoms with van der Waals surface area (Å²) in [6, 6.07) is 0. The highest BCUT2D eigenvalue weighted by molar-refractivity contribution is 4.73. The average Bonchev–Trinajstić information content (AvgIpc) is 2.03. The second-order valence-corrected chi connectivity index (χ2v) is 3.84. The van der Waals surface area contributed by atoms with Gasteiger partial charge in [0.2, 0.25) is 0 Å². The van der Waals surface area contributed by atoms with Crippen molar-refractivity contribution in [2.75, 3.05) is 19.8 Å². The lowest BCUT2D eigenvalue weighted by Crippen LogP contribution is -2.32. The predicted molar refractivity (Wildman–Crippen MR) is 50.0 cm³/mol. The normalized spacial score (nSPS) is 16.5. The fourth-order valence-electron chi connectivity index (χ4n) is 0.787. The van der Waals surface area contributed by atoms with Crippen LogP contribution in [0.3, 0.4) is 0 Å². The van der Waals surface area contributed by atoms with Gasteiger partial charge in [0.15, 0.2) is 0 Å². The van der Waals surface area contributed by atoms with Crippen molar-refractivity contribution in [3.05, 3.63) is 0 Å². The zero-order chi connectivity index (χ0) is 9.61. The Balaban J connectivity index is 3.58. The molecule has 0 aliphatic rings. The molecule has 1 atom stereocenters. The molecule has 0 aliphatic carbocycles. The molecule has 0 fully saturated rings. The van der Waals surface area contributed by atoms with Crippen LogP contribution in [0.5, 0.6) is 0 Å². The van der Waals surface area contributed by atoms with Crippen LogP contribution < -0.4 is 5.73 Å². The fraction of sp³-hybridized carbons (Fsp3) is 1.00. The smallest absolute Gasteiger partial charge is 0.0518 e. The summed E-state index contributed by atoms with van der Waals surface area (Å²) in [4.78, 5) is 0. The van der Waals surface area contributed by atoms with Crippen LogP contribution in [-0.2, 0) is 4.74 Å². The molecule has 12 heavy (non-hydrogen) atoms. The van der Waals surface area contributed by atoms with Gasteiger partial charge in [0.05, 0.1) is 6.10 Å². The van der Waals surface area contributed by atoms with Crippen LogP contribution in [0.1, 0.15) is 27.2 Å². The molecule has 0 heterocycles. The highest BCUT2D eigenvalue weighted by Crippen LogP contribution is 2.18. The molecule has 0 saturated carbocycles. The van der Waals surface area contributed by atoms with Gasteiger partial charge in [-0.2, -0.15) is 0 Å². The first-order valence-electron chi connectivity index (χ1n) is 4.46. The molecule has 3 nitrogen and oxygen atoms in total. The molecule has 1 unspecified atom stereocenters. The topological polar surface area (TPSA) is 55.5 Å². The quantitative estimate of drug-likeness (QED) is 0.626. The summed E-state index contributed by atoms with van der Waals surface area (Å²) >= 11 is 0. The van der Waals surface area contributed by atoms with Crippen molar-refractivity contribution in [2.45, 2.75) is 33.3 Å². The van der Waals surface area contributed by atoms with Crippen LogP contribution in [0.4, 0.5) is 0 Å². The van der Waals surface area contributed by atoms with E-state index in [1.807, 2.05) is 20.8 Å². The molecule has 0 aliphatic heterocycles. The SMILES string of the molecule is CC(C)OCCC(C)(CN)CO. The minimum Gasteiger partial charge on any atom is -0.396 e. The molecule has 0 rings (SSSR count). The van der Waals surface area contributed by atoms with Gasteiger partial charge >= 0.3 is 0 Å². The number of aliphatic hydroxyl groups excluding tert-OH is 1. The Bertz CT molecular complexity index is 111. The Morgan fingerprint density at radius 2 is 2.08 bits per heavy atom. The third kappa shape index (κ3) is 4.70. The first kappa shape index (κ1) is 11.9. The Labute approximate surface area is 74.9 Å². The van der Waals surface area contributed by atoms with E-state index in [9.17, 15) is 0 Å². The van der Waals surface area contributed by atoms with Crippen LogP contribution in [0.25, 0.3) is 0 Å². The van der Waals surface area contributed by atoms with E-state index in [0.717, 1.165) is 6.42 Å². The number of hydrogen-bond acceptors (Lipinski definition) is 3. The lowest BCUT2D eigenvalue weighted by atomic mass is 9.88. The maximum Gasteiger partial charge on any atom is 0.0518 e. The van der Waals surface area contributed by atoms with Crippen LogP contribution in [0, 0.1) is 5.41 Å². The number of aliphatic hydroxyl groups is 1. The fourth-order valence-corrected chi connectivity index (χ4v) is 0.787. The molecule has 3 heteroatoms. The largest absolute Gasteiger partial charge is 0.396 e. The van der Waals surface area contributed by atoms with E-state index in [4.69, 9.17) is 15.6 Å². The van der Waals surface area contributed by atoms with Crippen LogP contribution in [-0.4, -0.2) is 31.0 Å². The van der Waals surface area contributed by atoms with Gasteiger partial charge < -0.3 is 15.6 Å². The van der Waals surface area contributed by atoms with Gasteiger partial charge in [-0.25, -0.2) is 0 Å². The zero-order valence-electron chi connectivity index (χ0n) is 8.34. The zero-order valence-corrected chi connectivity index (χ0v) is 8.34. The van der Waals surface area contributed by atoms with Crippen molar-refractivity contribution in [1.29, 1.82) is 0 Å². The summed E-state index contributed by atoms with van der Waals surface area (Å²) in [5.74, 6) is 0. The maximum absolute atomic E-state index is 9.01. The summed E-state index contributed by atoms with van der Waals surface area (Å²) in [6.07, 6.45) is 1.07. The molecule has 0 radical (unpaired) electrons. The molecule has 0 spiro atoms. The van der Waals surface area contributed by atoms with Crippen molar-refractivity contribution < 1.29 is 9.84 Å². The van der Waals surface area contributed by atoms with Gasteiger partial charge in [-0.05, 0) is 26.8 Å². The monoisotopic (exact) mass is 175 g/mol. The lowest BCUT2D eigenvalue weighted by molar-refractivity contribution is 0.0393. The van der Waals surface area contributed by atoms with E-state index in [1.54, 1.807) is 0 Å². The Morgan fingerprint density at radius 1 is 1.50 bits per heavy atom. The molecule has 0 amide bonds. The first-order chi connectivity index (χ1) is 5.54. The minimum absolute atomic E-state index is 0.130. The van der Waals surface area contributed by atoms with E-state index in [0.29, 0.717) is 13.2 Å². The van der Waals surface area contributed by atoms with Gasteiger partial charge in [-0.3, -0.25) is 0 Å². The van der Waals surface area contributed by atoms with Gasteiger partial charge in [0, 0.05) is 18.6 Å². The summed E-state index contributed by atoms with van der Waals surface area (Å²) in [5, 5.41) is 9.01. The second-order valence-electron chi connectivity index (χ2n) is 3.84. The van der Waals surface area contributed by atoms with Gasteiger partial charge in [-0.1, -0.05) is 6.92 Å². The molecule has 0 bridgehead atoms. The highest BCUT2D eigenvalue weighted by Gasteiger charge is 2.20. The number of rotatable bonds is 6. The van der Waals surface area contributed by atoms with E-state index in [1.165, 1.54) is 0 Å². The van der Waals surface area contributed by atoms with Crippen molar-refractivity contribution in [2.24, 2.45) is 11.1 Å². The van der Waals surface area contributed by atoms with Crippen molar-refractivity contribution in [1.82, 2.24) is 0 Å². The van der Waals surface area contributed by atoms with E-state index < -0.39 is 0 Å². The van der Waals surface area contributed by atoms with Gasteiger partial charge in [0.25, 0.3) is 0 Å². The van der Waals surface area contributed by atoms with E-state index in [2.05, 4.69) is 0 Å². The van der Waals surface area contributed by atoms with Crippen LogP contribution in [0.15, 0.2) is 0 Å². The van der Waals surface area contributed by atoms with Crippen molar-refractivity contribution in [3.63, 3.8) is 0 Å². The lowest BCUT2D eigenvalue weighted by Gasteiger charge is -2.25. The molecular weight excluding hydrogens is 154 g/mol. The van der Waals surface area contributed by atoms with Gasteiger partial charge in [-0.15, -0.1) is 0 Å². The van der Waals surface area contributed by atoms with Crippen molar-refractivity contribution >= 4 is 0 Å². The number of ether oxygens (including phenoxy) is 1. The Morgan fingerprint density at radius 3 is 2.42 bits per heavy atom. The third-order valence-electron chi connectivity index (χ3n) is 2.03. The summed E-state index contributed by atoms with van der Waals surface area (Å²) in [6.45, 7) is 7.27. The Kier molecular flexibility index (Phi) is 5.46. The number of hydrogen-bond donors (Lipinski definition) is 2. The van der Waals surface area contributed by atoms with Crippen LogP contribution in [0.2, 0.25) is 0 Å². The number of nitrogens with two attached hydrogens (primary N) is 1. The average molecular weight is 175 g/mol. The molecule has 0 aromatic rings. The summed E-state index contributed by atoms with van der Waals surface area (Å²) in [5.41, 5.74) is 5.35. The molecular formula is C9H21NO2. The molecule has 0 aromatic carbocycles. The molecule has 3 N–H and O–H groups in total. The molecule has 0 aromatic heterocycles.